The summed E-state index contributed by atoms with van der Waals surface area (Å²) in [5.41, 5.74) is 2.65. The van der Waals surface area contributed by atoms with Crippen LogP contribution in [-0.2, 0) is 0 Å². The van der Waals surface area contributed by atoms with Crippen LogP contribution in [-0.4, -0.2) is 51.6 Å². The highest BCUT2D eigenvalue weighted by Crippen LogP contribution is 2.29. The van der Waals surface area contributed by atoms with E-state index in [0.717, 1.165) is 62.0 Å². The Labute approximate surface area is 194 Å². The van der Waals surface area contributed by atoms with Crippen LogP contribution in [0.5, 0.6) is 0 Å². The van der Waals surface area contributed by atoms with Gasteiger partial charge in [0.25, 0.3) is 0 Å². The molecular weight excluding hydrogens is 418 g/mol. The van der Waals surface area contributed by atoms with Crippen molar-refractivity contribution in [3.8, 4) is 0 Å². The SMILES string of the molecule is Cc1cccc(C(=O)NC2=C/C(=C/N[C@H]3CC[C@](C)(O)CC3)C(=N)C=C2N2CCCC2)[n+]1O. The molecular formula is C25H34N5O3+. The van der Waals surface area contributed by atoms with Crippen LogP contribution in [0.1, 0.15) is 61.6 Å². The zero-order chi connectivity index (χ0) is 23.6. The van der Waals surface area contributed by atoms with Crippen LogP contribution in [0.15, 0.2) is 53.5 Å². The maximum atomic E-state index is 13.0. The van der Waals surface area contributed by atoms with Crippen LogP contribution in [0.25, 0.3) is 0 Å². The molecule has 0 radical (unpaired) electrons. The summed E-state index contributed by atoms with van der Waals surface area (Å²) in [5, 5.41) is 35.4. The number of carbonyl (C=O) groups excluding carboxylic acids is 1. The van der Waals surface area contributed by atoms with Crippen molar-refractivity contribution in [3.63, 3.8) is 0 Å². The Kier molecular flexibility index (Phi) is 6.56. The van der Waals surface area contributed by atoms with Gasteiger partial charge in [0.2, 0.25) is 5.69 Å². The molecule has 2 heterocycles. The molecule has 0 atom stereocenters. The van der Waals surface area contributed by atoms with Gasteiger partial charge in [-0.05, 0) is 63.7 Å². The maximum Gasteiger partial charge on any atom is 0.325 e. The number of hydrogen-bond donors (Lipinski definition) is 5. The number of amides is 1. The van der Waals surface area contributed by atoms with Crippen LogP contribution in [0.2, 0.25) is 0 Å². The minimum absolute atomic E-state index is 0.148. The average molecular weight is 453 g/mol. The number of likely N-dealkylation sites (tertiary alicyclic amines) is 1. The predicted molar refractivity (Wildman–Crippen MR) is 125 cm³/mol. The van der Waals surface area contributed by atoms with Crippen molar-refractivity contribution in [2.45, 2.75) is 64.0 Å². The van der Waals surface area contributed by atoms with E-state index in [1.807, 2.05) is 25.3 Å². The van der Waals surface area contributed by atoms with E-state index in [9.17, 15) is 15.1 Å². The second-order valence-corrected chi connectivity index (χ2v) is 9.55. The van der Waals surface area contributed by atoms with Gasteiger partial charge in [-0.15, -0.1) is 0 Å². The Bertz CT molecular complexity index is 1020. The molecule has 2 aliphatic carbocycles. The first-order chi connectivity index (χ1) is 15.7. The second kappa shape index (κ2) is 9.39. The third kappa shape index (κ3) is 5.27. The normalized spacial score (nSPS) is 26.8. The fourth-order valence-corrected chi connectivity index (χ4v) is 4.63. The van der Waals surface area contributed by atoms with Crippen LogP contribution >= 0.6 is 0 Å². The average Bonchev–Trinajstić information content (AvgIpc) is 3.31. The molecule has 1 aromatic rings. The molecule has 33 heavy (non-hydrogen) atoms. The van der Waals surface area contributed by atoms with Gasteiger partial charge in [-0.3, -0.25) is 10.0 Å². The summed E-state index contributed by atoms with van der Waals surface area (Å²) in [6, 6.07) is 5.28. The third-order valence-electron chi connectivity index (χ3n) is 6.79. The molecule has 0 aromatic carbocycles. The quantitative estimate of drug-likeness (QED) is 0.348. The highest BCUT2D eigenvalue weighted by molar-refractivity contribution is 6.10. The largest absolute Gasteiger partial charge is 0.390 e. The first-order valence-electron chi connectivity index (χ1n) is 11.7. The van der Waals surface area contributed by atoms with Crippen molar-refractivity contribution in [1.82, 2.24) is 15.5 Å². The standard InChI is InChI=1S/C25H33N5O3/c1-17-6-5-7-22(30(17)33)24(31)28-21-14-18(16-27-19-8-10-25(2,32)11-9-19)20(26)15-23(21)29-12-3-4-13-29/h5-7,14-16,19,26,31-33H,3-4,8-13H2,1-2H3/p+1/t19-,25-. The minimum Gasteiger partial charge on any atom is -0.390 e. The molecule has 1 saturated heterocycles. The van der Waals surface area contributed by atoms with Gasteiger partial charge in [0.15, 0.2) is 0 Å². The lowest BCUT2D eigenvalue weighted by Crippen LogP contribution is -2.44. The van der Waals surface area contributed by atoms with Crippen molar-refractivity contribution >= 4 is 11.6 Å². The van der Waals surface area contributed by atoms with E-state index in [4.69, 9.17) is 5.41 Å². The van der Waals surface area contributed by atoms with E-state index in [1.54, 1.807) is 25.1 Å². The maximum absolute atomic E-state index is 13.0. The summed E-state index contributed by atoms with van der Waals surface area (Å²) >= 11 is 0. The second-order valence-electron chi connectivity index (χ2n) is 9.55. The van der Waals surface area contributed by atoms with E-state index < -0.39 is 11.5 Å². The molecule has 1 aliphatic heterocycles. The molecule has 0 spiro atoms. The topological polar surface area (TPSA) is 113 Å². The lowest BCUT2D eigenvalue weighted by Gasteiger charge is -2.33. The lowest BCUT2D eigenvalue weighted by atomic mass is 9.84. The molecule has 1 saturated carbocycles. The van der Waals surface area contributed by atoms with E-state index in [-0.39, 0.29) is 11.7 Å². The molecule has 3 aliphatic rings. The van der Waals surface area contributed by atoms with Crippen molar-refractivity contribution in [2.75, 3.05) is 13.1 Å². The molecule has 0 bridgehead atoms. The van der Waals surface area contributed by atoms with E-state index in [1.165, 1.54) is 0 Å². The van der Waals surface area contributed by atoms with Gasteiger partial charge in [0.1, 0.15) is 0 Å². The minimum atomic E-state index is -0.590. The molecule has 2 fully saturated rings. The predicted octanol–water partition coefficient (Wildman–Crippen LogP) is 2.31. The Hall–Kier alpha value is -3.13. The number of carbonyl (C=O) groups is 1. The monoisotopic (exact) mass is 452 g/mol. The fourth-order valence-electron chi connectivity index (χ4n) is 4.63. The number of aryl methyl sites for hydroxylation is 1. The van der Waals surface area contributed by atoms with Crippen molar-refractivity contribution in [3.05, 3.63) is 64.9 Å². The zero-order valence-electron chi connectivity index (χ0n) is 19.4. The Morgan fingerprint density at radius 3 is 2.64 bits per heavy atom. The Balaban J connectivity index is 1.56. The summed E-state index contributed by atoms with van der Waals surface area (Å²) in [6.07, 6.45) is 10.9. The molecule has 8 nitrogen and oxygen atoms in total. The summed E-state index contributed by atoms with van der Waals surface area (Å²) < 4.78 is 0.885. The van der Waals surface area contributed by atoms with Crippen molar-refractivity contribution < 1.29 is 19.8 Å². The van der Waals surface area contributed by atoms with Crippen LogP contribution in [0.3, 0.4) is 0 Å². The van der Waals surface area contributed by atoms with Gasteiger partial charge in [0, 0.05) is 54.7 Å². The highest BCUT2D eigenvalue weighted by atomic mass is 16.5. The Morgan fingerprint density at radius 2 is 1.94 bits per heavy atom. The van der Waals surface area contributed by atoms with E-state index in [0.29, 0.717) is 22.7 Å². The molecule has 5 N–H and O–H groups in total. The molecule has 1 amide bonds. The summed E-state index contributed by atoms with van der Waals surface area (Å²) in [6.45, 7) is 5.38. The number of nitrogens with zero attached hydrogens (tertiary/aromatic N) is 2. The van der Waals surface area contributed by atoms with Crippen LogP contribution < -0.4 is 15.4 Å². The number of nitrogens with one attached hydrogen (secondary N) is 3. The molecule has 8 heteroatoms. The first kappa shape index (κ1) is 23.0. The number of pyridine rings is 1. The molecule has 1 aromatic heterocycles. The number of aliphatic hydroxyl groups is 1. The summed E-state index contributed by atoms with van der Waals surface area (Å²) in [7, 11) is 0. The molecule has 4 rings (SSSR count). The number of rotatable bonds is 5. The van der Waals surface area contributed by atoms with Crippen LogP contribution in [0, 0.1) is 12.3 Å². The van der Waals surface area contributed by atoms with E-state index in [2.05, 4.69) is 15.5 Å². The van der Waals surface area contributed by atoms with E-state index >= 15 is 0 Å². The third-order valence-corrected chi connectivity index (χ3v) is 6.79. The first-order valence-corrected chi connectivity index (χ1v) is 11.7. The fraction of sp³-hybridized carbons (Fsp3) is 0.480. The summed E-state index contributed by atoms with van der Waals surface area (Å²) in [5.74, 6) is -0.409. The Morgan fingerprint density at radius 1 is 1.24 bits per heavy atom. The number of allylic oxidation sites excluding steroid dienone is 3. The lowest BCUT2D eigenvalue weighted by molar-refractivity contribution is -0.909. The number of hydrogen-bond acceptors (Lipinski definition) is 6. The van der Waals surface area contributed by atoms with Gasteiger partial charge in [0.05, 0.1) is 22.7 Å². The van der Waals surface area contributed by atoms with Crippen molar-refractivity contribution in [1.29, 1.82) is 5.41 Å². The van der Waals surface area contributed by atoms with Crippen LogP contribution in [0.4, 0.5) is 0 Å². The van der Waals surface area contributed by atoms with Gasteiger partial charge >= 0.3 is 11.6 Å². The molecule has 176 valence electrons. The van der Waals surface area contributed by atoms with Gasteiger partial charge in [-0.2, -0.15) is 0 Å². The van der Waals surface area contributed by atoms with Gasteiger partial charge in [-0.25, -0.2) is 0 Å². The van der Waals surface area contributed by atoms with Crippen molar-refractivity contribution in [2.24, 2.45) is 0 Å². The smallest absolute Gasteiger partial charge is 0.325 e. The number of aromatic nitrogens is 1. The van der Waals surface area contributed by atoms with Gasteiger partial charge < -0.3 is 26.0 Å². The zero-order valence-corrected chi connectivity index (χ0v) is 19.4. The molecule has 0 unspecified atom stereocenters. The van der Waals surface area contributed by atoms with Gasteiger partial charge in [-0.1, -0.05) is 0 Å². The summed E-state index contributed by atoms with van der Waals surface area (Å²) in [4.78, 5) is 15.2. The highest BCUT2D eigenvalue weighted by Gasteiger charge is 2.30.